The van der Waals surface area contributed by atoms with Gasteiger partial charge in [0.15, 0.2) is 0 Å². The lowest BCUT2D eigenvalue weighted by molar-refractivity contribution is -0.133. The van der Waals surface area contributed by atoms with E-state index in [0.717, 1.165) is 12.8 Å². The molecule has 0 aromatic carbocycles. The lowest BCUT2D eigenvalue weighted by Crippen LogP contribution is -2.43. The van der Waals surface area contributed by atoms with Crippen LogP contribution in [0.25, 0.3) is 0 Å². The molecule has 0 atom stereocenters. The van der Waals surface area contributed by atoms with Gasteiger partial charge in [0.25, 0.3) is 5.91 Å². The third-order valence-electron chi connectivity index (χ3n) is 3.11. The molecule has 1 rings (SSSR count). The maximum atomic E-state index is 11.6. The molecule has 116 valence electrons. The van der Waals surface area contributed by atoms with Gasteiger partial charge in [0.2, 0.25) is 5.91 Å². The summed E-state index contributed by atoms with van der Waals surface area (Å²) in [6, 6.07) is -0.738. The number of aliphatic carboxylic acids is 1. The number of carboxylic acid groups (broad SMARTS) is 1. The van der Waals surface area contributed by atoms with Crippen molar-refractivity contribution in [1.29, 1.82) is 0 Å². The van der Waals surface area contributed by atoms with Gasteiger partial charge in [0.1, 0.15) is 0 Å². The number of amides is 4. The fourth-order valence-corrected chi connectivity index (χ4v) is 1.42. The van der Waals surface area contributed by atoms with E-state index in [4.69, 9.17) is 5.11 Å². The summed E-state index contributed by atoms with van der Waals surface area (Å²) in [5.41, 5.74) is -0.170. The first-order valence-electron chi connectivity index (χ1n) is 6.60. The first-order chi connectivity index (χ1) is 9.82. The van der Waals surface area contributed by atoms with E-state index >= 15 is 0 Å². The monoisotopic (exact) mass is 297 g/mol. The maximum Gasteiger partial charge on any atom is 0.331 e. The van der Waals surface area contributed by atoms with E-state index in [0.29, 0.717) is 0 Å². The lowest BCUT2D eigenvalue weighted by atomic mass is 10.1. The predicted molar refractivity (Wildman–Crippen MR) is 73.3 cm³/mol. The second kappa shape index (κ2) is 7.41. The van der Waals surface area contributed by atoms with Gasteiger partial charge in [-0.2, -0.15) is 0 Å². The molecule has 0 aromatic heterocycles. The van der Waals surface area contributed by atoms with Gasteiger partial charge in [-0.15, -0.1) is 0 Å². The molecule has 21 heavy (non-hydrogen) atoms. The average molecular weight is 297 g/mol. The molecule has 0 heterocycles. The van der Waals surface area contributed by atoms with Crippen LogP contribution in [0.15, 0.2) is 11.1 Å². The van der Waals surface area contributed by atoms with Gasteiger partial charge in [-0.1, -0.05) is 0 Å². The molecule has 1 saturated carbocycles. The number of rotatable bonds is 6. The van der Waals surface area contributed by atoms with Crippen molar-refractivity contribution < 1.29 is 24.3 Å². The van der Waals surface area contributed by atoms with Gasteiger partial charge in [-0.25, -0.2) is 9.59 Å². The van der Waals surface area contributed by atoms with Gasteiger partial charge < -0.3 is 15.7 Å². The normalized spacial score (nSPS) is 14.8. The second-order valence-corrected chi connectivity index (χ2v) is 4.83. The highest BCUT2D eigenvalue weighted by Gasteiger charge is 2.29. The van der Waals surface area contributed by atoms with Crippen molar-refractivity contribution in [2.75, 3.05) is 13.1 Å². The standard InChI is InChI=1S/C13H19N3O5/c1-7(8(2)12(19)20)10(17)16-13(21)15-6-5-14-11(18)9-3-4-9/h9H,3-6H2,1-2H3,(H,14,18)(H,19,20)(H2,15,16,17,21). The number of nitrogens with one attached hydrogen (secondary N) is 3. The van der Waals surface area contributed by atoms with Crippen molar-refractivity contribution in [3.63, 3.8) is 0 Å². The lowest BCUT2D eigenvalue weighted by Gasteiger charge is -2.08. The van der Waals surface area contributed by atoms with Gasteiger partial charge in [0.05, 0.1) is 0 Å². The number of imide groups is 1. The second-order valence-electron chi connectivity index (χ2n) is 4.83. The molecule has 0 radical (unpaired) electrons. The Hall–Kier alpha value is -2.38. The Morgan fingerprint density at radius 2 is 1.57 bits per heavy atom. The fourth-order valence-electron chi connectivity index (χ4n) is 1.42. The van der Waals surface area contributed by atoms with Crippen molar-refractivity contribution >= 4 is 23.8 Å². The maximum absolute atomic E-state index is 11.6. The quantitative estimate of drug-likeness (QED) is 0.398. The highest BCUT2D eigenvalue weighted by molar-refractivity contribution is 6.07. The van der Waals surface area contributed by atoms with Gasteiger partial charge in [-0.3, -0.25) is 14.9 Å². The summed E-state index contributed by atoms with van der Waals surface area (Å²) in [5, 5.41) is 15.8. The van der Waals surface area contributed by atoms with Crippen LogP contribution in [0.3, 0.4) is 0 Å². The van der Waals surface area contributed by atoms with Crippen LogP contribution in [0, 0.1) is 5.92 Å². The zero-order valence-corrected chi connectivity index (χ0v) is 12.0. The van der Waals surface area contributed by atoms with E-state index in [1.165, 1.54) is 13.8 Å². The van der Waals surface area contributed by atoms with E-state index in [2.05, 4.69) is 10.6 Å². The van der Waals surface area contributed by atoms with Crippen LogP contribution in [0.4, 0.5) is 4.79 Å². The van der Waals surface area contributed by atoms with Crippen LogP contribution in [-0.4, -0.2) is 42.0 Å². The van der Waals surface area contributed by atoms with Gasteiger partial charge >= 0.3 is 12.0 Å². The van der Waals surface area contributed by atoms with Gasteiger partial charge in [-0.05, 0) is 26.7 Å². The highest BCUT2D eigenvalue weighted by Crippen LogP contribution is 2.28. The van der Waals surface area contributed by atoms with Crippen LogP contribution < -0.4 is 16.0 Å². The molecule has 0 spiro atoms. The third-order valence-corrected chi connectivity index (χ3v) is 3.11. The molecule has 4 N–H and O–H groups in total. The van der Waals surface area contributed by atoms with E-state index < -0.39 is 17.9 Å². The van der Waals surface area contributed by atoms with Crippen molar-refractivity contribution in [3.8, 4) is 0 Å². The minimum atomic E-state index is -1.22. The number of hydrogen-bond acceptors (Lipinski definition) is 4. The largest absolute Gasteiger partial charge is 0.478 e. The number of carboxylic acids is 1. The SMILES string of the molecule is CC(C(=O)O)=C(C)C(=O)NC(=O)NCCNC(=O)C1CC1. The molecule has 1 aliphatic rings. The number of carbonyl (C=O) groups is 4. The first-order valence-corrected chi connectivity index (χ1v) is 6.60. The van der Waals surface area contributed by atoms with E-state index in [9.17, 15) is 19.2 Å². The molecule has 1 aliphatic carbocycles. The molecule has 0 saturated heterocycles. The van der Waals surface area contributed by atoms with E-state index in [1.807, 2.05) is 5.32 Å². The highest BCUT2D eigenvalue weighted by atomic mass is 16.4. The molecule has 4 amide bonds. The summed E-state index contributed by atoms with van der Waals surface area (Å²) in [6.45, 7) is 3.06. The Balaban J connectivity index is 2.26. The molecule has 0 unspecified atom stereocenters. The van der Waals surface area contributed by atoms with Crippen LogP contribution >= 0.6 is 0 Å². The van der Waals surface area contributed by atoms with Crippen LogP contribution in [0.5, 0.6) is 0 Å². The van der Waals surface area contributed by atoms with E-state index in [1.54, 1.807) is 0 Å². The molecule has 1 fully saturated rings. The van der Waals surface area contributed by atoms with E-state index in [-0.39, 0.29) is 36.1 Å². The Morgan fingerprint density at radius 1 is 1.00 bits per heavy atom. The Morgan fingerprint density at radius 3 is 2.10 bits per heavy atom. The zero-order valence-electron chi connectivity index (χ0n) is 12.0. The summed E-state index contributed by atoms with van der Waals surface area (Å²) in [5.74, 6) is -1.91. The van der Waals surface area contributed by atoms with Crippen molar-refractivity contribution in [2.24, 2.45) is 5.92 Å². The molecular formula is C13H19N3O5. The zero-order chi connectivity index (χ0) is 16.0. The summed E-state index contributed by atoms with van der Waals surface area (Å²) in [7, 11) is 0. The minimum absolute atomic E-state index is 0.0239. The summed E-state index contributed by atoms with van der Waals surface area (Å²) < 4.78 is 0. The summed E-state index contributed by atoms with van der Waals surface area (Å²) in [4.78, 5) is 45.0. The number of carbonyl (C=O) groups excluding carboxylic acids is 3. The molecule has 0 aliphatic heterocycles. The van der Waals surface area contributed by atoms with Crippen LogP contribution in [0.1, 0.15) is 26.7 Å². The Bertz CT molecular complexity index is 494. The minimum Gasteiger partial charge on any atom is -0.478 e. The smallest absolute Gasteiger partial charge is 0.331 e. The Kier molecular flexibility index (Phi) is 5.89. The Labute approximate surface area is 122 Å². The predicted octanol–water partition coefficient (Wildman–Crippen LogP) is -0.241. The summed E-state index contributed by atoms with van der Waals surface area (Å²) >= 11 is 0. The van der Waals surface area contributed by atoms with Crippen molar-refractivity contribution in [1.82, 2.24) is 16.0 Å². The van der Waals surface area contributed by atoms with Crippen molar-refractivity contribution in [3.05, 3.63) is 11.1 Å². The number of urea groups is 1. The van der Waals surface area contributed by atoms with Crippen molar-refractivity contribution in [2.45, 2.75) is 26.7 Å². The molecule has 0 aromatic rings. The topological polar surface area (TPSA) is 125 Å². The molecular weight excluding hydrogens is 278 g/mol. The fraction of sp³-hybridized carbons (Fsp3) is 0.538. The molecule has 0 bridgehead atoms. The number of hydrogen-bond donors (Lipinski definition) is 4. The third kappa shape index (κ3) is 5.64. The van der Waals surface area contributed by atoms with Crippen LogP contribution in [0.2, 0.25) is 0 Å². The summed E-state index contributed by atoms with van der Waals surface area (Å²) in [6.07, 6.45) is 1.81. The molecule has 8 heteroatoms. The van der Waals surface area contributed by atoms with Gasteiger partial charge in [0, 0.05) is 30.2 Å². The van der Waals surface area contributed by atoms with Crippen LogP contribution in [-0.2, 0) is 14.4 Å². The average Bonchev–Trinajstić information content (AvgIpc) is 3.25. The molecule has 8 nitrogen and oxygen atoms in total. The first kappa shape index (κ1) is 16.7.